The van der Waals surface area contributed by atoms with Crippen LogP contribution in [-0.4, -0.2) is 43.4 Å². The molecular formula is C12H22N2O3. The van der Waals surface area contributed by atoms with Gasteiger partial charge >= 0.3 is 0 Å². The van der Waals surface area contributed by atoms with E-state index in [-0.39, 0.29) is 30.1 Å². The summed E-state index contributed by atoms with van der Waals surface area (Å²) in [4.78, 5) is 11.9. The highest BCUT2D eigenvalue weighted by Crippen LogP contribution is 2.30. The van der Waals surface area contributed by atoms with Crippen LogP contribution >= 0.6 is 0 Å². The third-order valence-corrected chi connectivity index (χ3v) is 3.65. The van der Waals surface area contributed by atoms with Gasteiger partial charge in [0.05, 0.1) is 31.4 Å². The largest absolute Gasteiger partial charge is 0.373 e. The van der Waals surface area contributed by atoms with Crippen LogP contribution in [0, 0.1) is 11.8 Å². The lowest BCUT2D eigenvalue weighted by Crippen LogP contribution is -2.51. The van der Waals surface area contributed by atoms with Gasteiger partial charge in [0.2, 0.25) is 5.91 Å². The normalized spacial score (nSPS) is 38.2. The van der Waals surface area contributed by atoms with Crippen molar-refractivity contribution in [3.63, 3.8) is 0 Å². The van der Waals surface area contributed by atoms with Gasteiger partial charge in [0.1, 0.15) is 6.10 Å². The second-order valence-corrected chi connectivity index (χ2v) is 5.46. The summed E-state index contributed by atoms with van der Waals surface area (Å²) < 4.78 is 11.3. The number of hydrogen-bond donors (Lipinski definition) is 2. The third kappa shape index (κ3) is 2.46. The van der Waals surface area contributed by atoms with Crippen molar-refractivity contribution in [2.75, 3.05) is 13.2 Å². The fourth-order valence-corrected chi connectivity index (χ4v) is 2.40. The number of ether oxygens (including phenoxy) is 2. The number of carbonyl (C=O) groups excluding carboxylic acids is 1. The monoisotopic (exact) mass is 242 g/mol. The summed E-state index contributed by atoms with van der Waals surface area (Å²) in [5.41, 5.74) is 5.81. The van der Waals surface area contributed by atoms with Crippen molar-refractivity contribution in [2.45, 2.75) is 45.1 Å². The molecule has 2 heterocycles. The first kappa shape index (κ1) is 12.8. The molecule has 1 amide bonds. The predicted octanol–water partition coefficient (Wildman–Crippen LogP) is -0.112. The SMILES string of the molecule is CC1CO[C@@H]2C(NC(=O)[C@@H](N)C(C)C)COC12. The minimum absolute atomic E-state index is 0.00619. The van der Waals surface area contributed by atoms with Crippen LogP contribution in [0.5, 0.6) is 0 Å². The number of nitrogens with two attached hydrogens (primary N) is 1. The molecule has 0 aromatic carbocycles. The van der Waals surface area contributed by atoms with Gasteiger partial charge in [-0.3, -0.25) is 4.79 Å². The Labute approximate surface area is 102 Å². The molecule has 3 unspecified atom stereocenters. The van der Waals surface area contributed by atoms with E-state index in [1.807, 2.05) is 13.8 Å². The summed E-state index contributed by atoms with van der Waals surface area (Å²) in [5.74, 6) is 0.426. The van der Waals surface area contributed by atoms with Crippen molar-refractivity contribution >= 4 is 5.91 Å². The Bertz CT molecular complexity index is 295. The zero-order valence-corrected chi connectivity index (χ0v) is 10.7. The van der Waals surface area contributed by atoms with Gasteiger partial charge in [-0.2, -0.15) is 0 Å². The molecule has 2 fully saturated rings. The average Bonchev–Trinajstić information content (AvgIpc) is 2.82. The quantitative estimate of drug-likeness (QED) is 0.724. The molecule has 0 spiro atoms. The first-order chi connectivity index (χ1) is 8.00. The van der Waals surface area contributed by atoms with Crippen molar-refractivity contribution in [1.82, 2.24) is 5.32 Å². The second-order valence-electron chi connectivity index (χ2n) is 5.46. The molecule has 2 aliphatic heterocycles. The first-order valence-electron chi connectivity index (χ1n) is 6.30. The van der Waals surface area contributed by atoms with Crippen LogP contribution in [0.3, 0.4) is 0 Å². The Morgan fingerprint density at radius 3 is 2.59 bits per heavy atom. The maximum atomic E-state index is 11.9. The summed E-state index contributed by atoms with van der Waals surface area (Å²) in [6.45, 7) is 7.21. The first-order valence-corrected chi connectivity index (χ1v) is 6.30. The zero-order valence-electron chi connectivity index (χ0n) is 10.7. The van der Waals surface area contributed by atoms with Crippen molar-refractivity contribution in [3.8, 4) is 0 Å². The summed E-state index contributed by atoms with van der Waals surface area (Å²) in [7, 11) is 0. The maximum absolute atomic E-state index is 11.9. The molecule has 0 aromatic rings. The van der Waals surface area contributed by atoms with E-state index in [0.717, 1.165) is 0 Å². The lowest BCUT2D eigenvalue weighted by molar-refractivity contribution is -0.124. The molecular weight excluding hydrogens is 220 g/mol. The number of fused-ring (bicyclic) bond motifs is 1. The van der Waals surface area contributed by atoms with Crippen LogP contribution in [0.25, 0.3) is 0 Å². The summed E-state index contributed by atoms with van der Waals surface area (Å²) in [6, 6.07) is -0.518. The number of nitrogens with one attached hydrogen (secondary N) is 1. The van der Waals surface area contributed by atoms with Gasteiger partial charge in [-0.05, 0) is 5.92 Å². The lowest BCUT2D eigenvalue weighted by Gasteiger charge is -2.21. The van der Waals surface area contributed by atoms with Gasteiger partial charge < -0.3 is 20.5 Å². The van der Waals surface area contributed by atoms with E-state index >= 15 is 0 Å². The number of hydrogen-bond acceptors (Lipinski definition) is 4. The Morgan fingerprint density at radius 2 is 1.94 bits per heavy atom. The molecule has 5 nitrogen and oxygen atoms in total. The molecule has 2 saturated heterocycles. The summed E-state index contributed by atoms with van der Waals surface area (Å²) >= 11 is 0. The van der Waals surface area contributed by atoms with Crippen molar-refractivity contribution < 1.29 is 14.3 Å². The number of amides is 1. The van der Waals surface area contributed by atoms with Gasteiger partial charge in [-0.25, -0.2) is 0 Å². The van der Waals surface area contributed by atoms with Crippen LogP contribution in [0.15, 0.2) is 0 Å². The van der Waals surface area contributed by atoms with E-state index in [1.54, 1.807) is 0 Å². The smallest absolute Gasteiger partial charge is 0.237 e. The fourth-order valence-electron chi connectivity index (χ4n) is 2.40. The van der Waals surface area contributed by atoms with Gasteiger partial charge in [-0.15, -0.1) is 0 Å². The average molecular weight is 242 g/mol. The Kier molecular flexibility index (Phi) is 3.70. The van der Waals surface area contributed by atoms with Crippen LogP contribution in [0.2, 0.25) is 0 Å². The second kappa shape index (κ2) is 4.92. The van der Waals surface area contributed by atoms with E-state index in [1.165, 1.54) is 0 Å². The van der Waals surface area contributed by atoms with E-state index in [4.69, 9.17) is 15.2 Å². The molecule has 2 rings (SSSR count). The highest BCUT2D eigenvalue weighted by Gasteiger charge is 2.46. The minimum Gasteiger partial charge on any atom is -0.373 e. The molecule has 0 aliphatic carbocycles. The molecule has 0 saturated carbocycles. The highest BCUT2D eigenvalue weighted by molar-refractivity contribution is 5.82. The van der Waals surface area contributed by atoms with Crippen molar-refractivity contribution in [3.05, 3.63) is 0 Å². The highest BCUT2D eigenvalue weighted by atomic mass is 16.6. The Morgan fingerprint density at radius 1 is 1.29 bits per heavy atom. The van der Waals surface area contributed by atoms with Gasteiger partial charge in [0.15, 0.2) is 0 Å². The topological polar surface area (TPSA) is 73.6 Å². The molecule has 0 radical (unpaired) electrons. The lowest BCUT2D eigenvalue weighted by atomic mass is 10.0. The zero-order chi connectivity index (χ0) is 12.6. The summed E-state index contributed by atoms with van der Waals surface area (Å²) in [5, 5.41) is 2.94. The van der Waals surface area contributed by atoms with E-state index < -0.39 is 6.04 Å². The molecule has 17 heavy (non-hydrogen) atoms. The van der Waals surface area contributed by atoms with E-state index in [0.29, 0.717) is 19.1 Å². The molecule has 0 bridgehead atoms. The minimum atomic E-state index is -0.465. The van der Waals surface area contributed by atoms with E-state index in [2.05, 4.69) is 12.2 Å². The third-order valence-electron chi connectivity index (χ3n) is 3.65. The van der Waals surface area contributed by atoms with Crippen LogP contribution in [0.1, 0.15) is 20.8 Å². The molecule has 3 N–H and O–H groups in total. The van der Waals surface area contributed by atoms with E-state index in [9.17, 15) is 4.79 Å². The molecule has 2 aliphatic rings. The molecule has 5 atom stereocenters. The molecule has 5 heteroatoms. The van der Waals surface area contributed by atoms with Crippen molar-refractivity contribution in [2.24, 2.45) is 17.6 Å². The van der Waals surface area contributed by atoms with Crippen molar-refractivity contribution in [1.29, 1.82) is 0 Å². The fraction of sp³-hybridized carbons (Fsp3) is 0.917. The standard InChI is InChI=1S/C12H22N2O3/c1-6(2)9(13)12(15)14-8-5-17-10-7(3)4-16-11(8)10/h6-11H,4-5,13H2,1-3H3,(H,14,15)/t7?,8?,9-,10?,11+/m0/s1. The Balaban J connectivity index is 1.90. The number of rotatable bonds is 3. The molecule has 98 valence electrons. The maximum Gasteiger partial charge on any atom is 0.237 e. The van der Waals surface area contributed by atoms with Gasteiger partial charge in [0, 0.05) is 5.92 Å². The Hall–Kier alpha value is -0.650. The van der Waals surface area contributed by atoms with Gasteiger partial charge in [-0.1, -0.05) is 20.8 Å². The number of carbonyl (C=O) groups is 1. The van der Waals surface area contributed by atoms with Crippen LogP contribution in [0.4, 0.5) is 0 Å². The summed E-state index contributed by atoms with van der Waals surface area (Å²) in [6.07, 6.45) is 0.115. The van der Waals surface area contributed by atoms with Crippen LogP contribution < -0.4 is 11.1 Å². The van der Waals surface area contributed by atoms with Crippen LogP contribution in [-0.2, 0) is 14.3 Å². The predicted molar refractivity (Wildman–Crippen MR) is 63.4 cm³/mol. The van der Waals surface area contributed by atoms with Gasteiger partial charge in [0.25, 0.3) is 0 Å². The molecule has 0 aromatic heterocycles.